The first-order valence-corrected chi connectivity index (χ1v) is 16.2. The van der Waals surface area contributed by atoms with Gasteiger partial charge in [-0.25, -0.2) is 18.7 Å². The Morgan fingerprint density at radius 2 is 1.02 bits per heavy atom. The van der Waals surface area contributed by atoms with Crippen LogP contribution in [0.3, 0.4) is 0 Å². The molecule has 2 aliphatic heterocycles. The molecule has 0 saturated carbocycles. The molecular weight excluding hydrogens is 685 g/mol. The van der Waals surface area contributed by atoms with Crippen molar-refractivity contribution < 1.29 is 124 Å². The van der Waals surface area contributed by atoms with Crippen LogP contribution in [-0.2, 0) is 22.3 Å². The molecule has 7 rings (SSSR count). The number of aromatic nitrogens is 4. The number of hydrogen-bond donors (Lipinski definition) is 2. The first-order chi connectivity index (χ1) is 23.3. The van der Waals surface area contributed by atoms with E-state index in [4.69, 9.17) is 19.4 Å². The molecule has 2 atom stereocenters. The van der Waals surface area contributed by atoms with Gasteiger partial charge in [0, 0.05) is 33.2 Å². The minimum atomic E-state index is -0.248. The monoisotopic (exact) mass is 722 g/mol. The Hall–Kier alpha value is -1.91. The summed E-state index contributed by atoms with van der Waals surface area (Å²) in [5.74, 6) is -0.495. The molecule has 50 heavy (non-hydrogen) atoms. The molecule has 2 unspecified atom stereocenters. The van der Waals surface area contributed by atoms with Gasteiger partial charge in [-0.1, -0.05) is 24.3 Å². The Kier molecular flexibility index (Phi) is 14.3. The fraction of sp³-hybridized carbons (Fsp3) is 0.200. The smallest absolute Gasteiger partial charge is 1.00 e. The number of halogens is 2. The van der Waals surface area contributed by atoms with Crippen molar-refractivity contribution in [1.82, 2.24) is 19.9 Å². The molecule has 10 heteroatoms. The maximum Gasteiger partial charge on any atom is 1.00 e. The van der Waals surface area contributed by atoms with Gasteiger partial charge in [-0.3, -0.25) is 0 Å². The summed E-state index contributed by atoms with van der Waals surface area (Å²) in [5, 5.41) is 0. The molecule has 246 valence electrons. The van der Waals surface area contributed by atoms with Gasteiger partial charge >= 0.3 is 103 Å². The van der Waals surface area contributed by atoms with Gasteiger partial charge in [-0.2, -0.15) is 0 Å². The zero-order valence-electron chi connectivity index (χ0n) is 30.8. The number of nitrogens with zero attached hydrogens (tertiary/aromatic N) is 2. The second-order valence-corrected chi connectivity index (χ2v) is 12.1. The van der Waals surface area contributed by atoms with E-state index in [1.807, 2.05) is 68.5 Å². The maximum atomic E-state index is 13.7. The molecule has 0 saturated heterocycles. The summed E-state index contributed by atoms with van der Waals surface area (Å²) < 4.78 is 40.0. The van der Waals surface area contributed by atoms with Gasteiger partial charge in [-0.05, 0) is 123 Å². The van der Waals surface area contributed by atoms with Gasteiger partial charge in [0.15, 0.2) is 0 Å². The number of H-pyrrole nitrogens is 2. The van der Waals surface area contributed by atoms with Gasteiger partial charge in [-0.15, -0.1) is 0 Å². The zero-order valence-corrected chi connectivity index (χ0v) is 35.1. The Balaban J connectivity index is 0.00000182. The van der Waals surface area contributed by atoms with Crippen LogP contribution in [0.5, 0.6) is 0 Å². The van der Waals surface area contributed by atoms with E-state index in [0.29, 0.717) is 26.1 Å². The minimum absolute atomic E-state index is 0. The van der Waals surface area contributed by atoms with Gasteiger partial charge in [0.1, 0.15) is 11.6 Å². The summed E-state index contributed by atoms with van der Waals surface area (Å²) in [6.45, 7) is 4.94. The third-order valence-corrected chi connectivity index (χ3v) is 8.53. The van der Waals surface area contributed by atoms with Crippen molar-refractivity contribution in [3.63, 3.8) is 0 Å². The van der Waals surface area contributed by atoms with Crippen LogP contribution < -0.4 is 103 Å². The van der Waals surface area contributed by atoms with E-state index in [-0.39, 0.29) is 129 Å². The normalized spacial score (nSPS) is 13.0. The molecule has 2 aromatic carbocycles. The molecule has 5 heterocycles. The molecule has 0 aliphatic carbocycles. The molecular formula is C40H38F2K2N4O2. The van der Waals surface area contributed by atoms with Crippen LogP contribution >= 0.6 is 0 Å². The quantitative estimate of drug-likeness (QED) is 0.211. The largest absolute Gasteiger partial charge is 1.00 e. The van der Waals surface area contributed by atoms with E-state index in [1.54, 1.807) is 24.3 Å². The Bertz CT molecular complexity index is 2210. The topological polar surface area (TPSA) is 75.8 Å². The van der Waals surface area contributed by atoms with Crippen LogP contribution in [0.15, 0.2) is 84.9 Å². The fourth-order valence-corrected chi connectivity index (χ4v) is 6.08. The molecule has 6 nitrogen and oxygen atoms in total. The summed E-state index contributed by atoms with van der Waals surface area (Å²) in [6, 6.07) is 25.5. The molecule has 5 aromatic rings. The van der Waals surface area contributed by atoms with Gasteiger partial charge in [0.25, 0.3) is 0 Å². The molecule has 8 bridgehead atoms. The maximum absolute atomic E-state index is 13.7. The third kappa shape index (κ3) is 10.1. The number of benzene rings is 2. The second-order valence-electron chi connectivity index (χ2n) is 12.1. The van der Waals surface area contributed by atoms with E-state index in [0.717, 1.165) is 67.1 Å². The standard InChI is InChI=1S/C40H36F2N4O2.2K.2H/c1-25(47-15-13-27-5-3-7-29(41)17-27)37-21-35-20-33-10-9-31(43-33)19-32-11-12-34(44-32)23-39-38(22-36(46-39)24-40(37)45-35)26(2)48-16-14-28-6-4-8-30(42)18-28;;;;/h3-12,17-26,45-46H,13-16H2,1-2H3;;;;/q;2*+1;2*-1. The second kappa shape index (κ2) is 18.2. The van der Waals surface area contributed by atoms with Crippen molar-refractivity contribution in [2.24, 2.45) is 0 Å². The van der Waals surface area contributed by atoms with Crippen LogP contribution in [0.25, 0.3) is 46.4 Å². The summed E-state index contributed by atoms with van der Waals surface area (Å²) in [7, 11) is 0. The van der Waals surface area contributed by atoms with E-state index < -0.39 is 0 Å². The van der Waals surface area contributed by atoms with Crippen molar-refractivity contribution in [3.05, 3.63) is 142 Å². The van der Waals surface area contributed by atoms with Crippen molar-refractivity contribution in [3.8, 4) is 0 Å². The van der Waals surface area contributed by atoms with E-state index in [1.165, 1.54) is 12.1 Å². The Morgan fingerprint density at radius 3 is 1.52 bits per heavy atom. The first-order valence-electron chi connectivity index (χ1n) is 16.2. The summed E-state index contributed by atoms with van der Waals surface area (Å²) >= 11 is 0. The molecule has 0 spiro atoms. The van der Waals surface area contributed by atoms with E-state index in [9.17, 15) is 8.78 Å². The molecule has 2 aliphatic rings. The van der Waals surface area contributed by atoms with Crippen LogP contribution in [0.1, 0.15) is 73.9 Å². The van der Waals surface area contributed by atoms with Crippen molar-refractivity contribution in [1.29, 1.82) is 0 Å². The Morgan fingerprint density at radius 1 is 0.580 bits per heavy atom. The molecule has 3 aromatic heterocycles. The van der Waals surface area contributed by atoms with Gasteiger partial charge in [0.05, 0.1) is 48.2 Å². The summed E-state index contributed by atoms with van der Waals surface area (Å²) in [4.78, 5) is 16.7. The van der Waals surface area contributed by atoms with Crippen LogP contribution in [0.2, 0.25) is 0 Å². The van der Waals surface area contributed by atoms with Crippen LogP contribution in [0.4, 0.5) is 8.78 Å². The fourth-order valence-electron chi connectivity index (χ4n) is 6.08. The van der Waals surface area contributed by atoms with Crippen molar-refractivity contribution >= 4 is 46.4 Å². The number of aromatic amines is 2. The SMILES string of the molecule is CC(OCCc1cccc(F)c1)c1cc2cc3[nH]c(cc4nc(cc5nc(cc1[nH]2)C=C5)C=C4)cc3C(C)OCCc1cccc(F)c1.[H-].[H-].[K+].[K+]. The van der Waals surface area contributed by atoms with Crippen LogP contribution in [0, 0.1) is 11.6 Å². The van der Waals surface area contributed by atoms with Gasteiger partial charge in [0.2, 0.25) is 0 Å². The number of nitrogens with one attached hydrogen (secondary N) is 2. The van der Waals surface area contributed by atoms with E-state index in [2.05, 4.69) is 28.2 Å². The third-order valence-electron chi connectivity index (χ3n) is 8.53. The number of rotatable bonds is 10. The average molecular weight is 723 g/mol. The number of fused-ring (bicyclic) bond motifs is 8. The average Bonchev–Trinajstić information content (AvgIpc) is 3.86. The van der Waals surface area contributed by atoms with Crippen molar-refractivity contribution in [2.75, 3.05) is 13.2 Å². The predicted molar refractivity (Wildman–Crippen MR) is 190 cm³/mol. The molecule has 0 amide bonds. The van der Waals surface area contributed by atoms with Crippen molar-refractivity contribution in [2.45, 2.75) is 38.9 Å². The molecule has 2 N–H and O–H groups in total. The van der Waals surface area contributed by atoms with E-state index >= 15 is 0 Å². The first kappa shape index (κ1) is 39.3. The van der Waals surface area contributed by atoms with Crippen LogP contribution in [-0.4, -0.2) is 33.1 Å². The minimum Gasteiger partial charge on any atom is -1.00 e. The summed E-state index contributed by atoms with van der Waals surface area (Å²) in [5.41, 5.74) is 10.6. The zero-order chi connectivity index (χ0) is 33.0. The predicted octanol–water partition coefficient (Wildman–Crippen LogP) is 3.81. The Labute approximate surface area is 378 Å². The molecule has 0 fully saturated rings. The number of hydrogen-bond acceptors (Lipinski definition) is 4. The number of ether oxygens (including phenoxy) is 2. The summed E-state index contributed by atoms with van der Waals surface area (Å²) in [6.07, 6.45) is 8.67. The van der Waals surface area contributed by atoms with Gasteiger partial charge < -0.3 is 22.3 Å². The molecule has 0 radical (unpaired) electrons.